The Hall–Kier alpha value is -1.88. The molecule has 28 heavy (non-hydrogen) atoms. The first kappa shape index (κ1) is 20.8. The lowest BCUT2D eigenvalue weighted by Gasteiger charge is -2.08. The maximum atomic E-state index is 12.3. The molecular weight excluding hydrogens is 482 g/mol. The molecular formula is C18H16BrN3O3S3. The third-order valence-electron chi connectivity index (χ3n) is 3.52. The Morgan fingerprint density at radius 2 is 1.82 bits per heavy atom. The molecule has 6 nitrogen and oxygen atoms in total. The molecule has 0 unspecified atom stereocenters. The number of nitrogens with zero attached hydrogens (tertiary/aromatic N) is 1. The molecule has 10 heteroatoms. The number of halogens is 1. The number of thioether (sulfide) groups is 1. The summed E-state index contributed by atoms with van der Waals surface area (Å²) in [6.45, 7) is 0. The van der Waals surface area contributed by atoms with E-state index >= 15 is 0 Å². The summed E-state index contributed by atoms with van der Waals surface area (Å²) in [7, 11) is -3.70. The van der Waals surface area contributed by atoms with Crippen molar-refractivity contribution in [1.82, 2.24) is 4.98 Å². The van der Waals surface area contributed by atoms with Gasteiger partial charge >= 0.3 is 0 Å². The number of benzene rings is 2. The van der Waals surface area contributed by atoms with E-state index in [9.17, 15) is 13.2 Å². The number of thiazole rings is 1. The van der Waals surface area contributed by atoms with Gasteiger partial charge in [-0.05, 0) is 42.0 Å². The Bertz CT molecular complexity index is 1020. The fourth-order valence-corrected chi connectivity index (χ4v) is 5.05. The van der Waals surface area contributed by atoms with Gasteiger partial charge in [0.15, 0.2) is 5.13 Å². The van der Waals surface area contributed by atoms with Crippen molar-refractivity contribution in [1.29, 1.82) is 0 Å². The van der Waals surface area contributed by atoms with Gasteiger partial charge in [-0.15, -0.1) is 23.1 Å². The molecule has 1 amide bonds. The standard InChI is InChI=1S/C18H16BrN3O3S3/c19-14-3-1-13(2-4-14)11-26-12-17(23)21-15-5-7-16(8-6-15)28(24,25)22-18-20-9-10-27-18/h1-10H,11-12H2,(H,20,22)(H,21,23). The van der Waals surface area contributed by atoms with Crippen molar-refractivity contribution in [3.63, 3.8) is 0 Å². The molecule has 1 aromatic heterocycles. The lowest BCUT2D eigenvalue weighted by Crippen LogP contribution is -2.15. The highest BCUT2D eigenvalue weighted by Gasteiger charge is 2.15. The minimum atomic E-state index is -3.70. The zero-order valence-corrected chi connectivity index (χ0v) is 18.5. The van der Waals surface area contributed by atoms with Gasteiger partial charge in [-0.1, -0.05) is 28.1 Å². The first-order chi connectivity index (χ1) is 13.4. The van der Waals surface area contributed by atoms with E-state index in [4.69, 9.17) is 0 Å². The van der Waals surface area contributed by atoms with Crippen LogP contribution in [0.5, 0.6) is 0 Å². The van der Waals surface area contributed by atoms with E-state index < -0.39 is 10.0 Å². The highest BCUT2D eigenvalue weighted by molar-refractivity contribution is 9.10. The lowest BCUT2D eigenvalue weighted by molar-refractivity contribution is -0.113. The Labute approximate surface area is 180 Å². The van der Waals surface area contributed by atoms with E-state index in [1.807, 2.05) is 24.3 Å². The van der Waals surface area contributed by atoms with Gasteiger partial charge < -0.3 is 5.32 Å². The summed E-state index contributed by atoms with van der Waals surface area (Å²) in [6.07, 6.45) is 1.52. The van der Waals surface area contributed by atoms with Crippen LogP contribution in [0.15, 0.2) is 69.5 Å². The highest BCUT2D eigenvalue weighted by Crippen LogP contribution is 2.20. The van der Waals surface area contributed by atoms with E-state index in [0.29, 0.717) is 16.6 Å². The number of carbonyl (C=O) groups is 1. The van der Waals surface area contributed by atoms with Gasteiger partial charge in [0.05, 0.1) is 10.6 Å². The van der Waals surface area contributed by atoms with Crippen LogP contribution in [0, 0.1) is 0 Å². The number of anilines is 2. The van der Waals surface area contributed by atoms with E-state index in [0.717, 1.165) is 15.8 Å². The fourth-order valence-electron chi connectivity index (χ4n) is 2.20. The summed E-state index contributed by atoms with van der Waals surface area (Å²) >= 11 is 6.10. The number of sulfonamides is 1. The van der Waals surface area contributed by atoms with Crippen LogP contribution in [0.1, 0.15) is 5.56 Å². The topological polar surface area (TPSA) is 88.2 Å². The number of carbonyl (C=O) groups excluding carboxylic acids is 1. The number of amides is 1. The average Bonchev–Trinajstić information content (AvgIpc) is 3.16. The smallest absolute Gasteiger partial charge is 0.263 e. The summed E-state index contributed by atoms with van der Waals surface area (Å²) in [5.41, 5.74) is 1.69. The van der Waals surface area contributed by atoms with Crippen LogP contribution in [-0.2, 0) is 20.6 Å². The van der Waals surface area contributed by atoms with Crippen molar-refractivity contribution in [2.75, 3.05) is 15.8 Å². The van der Waals surface area contributed by atoms with Crippen molar-refractivity contribution >= 4 is 65.8 Å². The molecule has 1 heterocycles. The molecule has 0 saturated heterocycles. The lowest BCUT2D eigenvalue weighted by atomic mass is 10.2. The maximum absolute atomic E-state index is 12.3. The van der Waals surface area contributed by atoms with Crippen LogP contribution < -0.4 is 10.0 Å². The molecule has 0 bridgehead atoms. The van der Waals surface area contributed by atoms with Crippen molar-refractivity contribution in [2.45, 2.75) is 10.6 Å². The number of hydrogen-bond donors (Lipinski definition) is 2. The SMILES string of the molecule is O=C(CSCc1ccc(Br)cc1)Nc1ccc(S(=O)(=O)Nc2nccs2)cc1. The number of rotatable bonds is 8. The molecule has 0 aliphatic heterocycles. The average molecular weight is 498 g/mol. The molecule has 0 aliphatic carbocycles. The Balaban J connectivity index is 1.50. The highest BCUT2D eigenvalue weighted by atomic mass is 79.9. The zero-order valence-electron chi connectivity index (χ0n) is 14.5. The van der Waals surface area contributed by atoms with Crippen LogP contribution in [0.25, 0.3) is 0 Å². The Morgan fingerprint density at radius 1 is 1.11 bits per heavy atom. The molecule has 0 radical (unpaired) electrons. The first-order valence-corrected chi connectivity index (χ1v) is 12.4. The Morgan fingerprint density at radius 3 is 2.46 bits per heavy atom. The summed E-state index contributed by atoms with van der Waals surface area (Å²) in [6, 6.07) is 14.0. The summed E-state index contributed by atoms with van der Waals surface area (Å²) in [5, 5.41) is 4.76. The number of hydrogen-bond acceptors (Lipinski definition) is 6. The van der Waals surface area contributed by atoms with Crippen molar-refractivity contribution < 1.29 is 13.2 Å². The van der Waals surface area contributed by atoms with Gasteiger partial charge in [-0.3, -0.25) is 9.52 Å². The molecule has 0 spiro atoms. The minimum Gasteiger partial charge on any atom is -0.325 e. The largest absolute Gasteiger partial charge is 0.325 e. The molecule has 0 saturated carbocycles. The van der Waals surface area contributed by atoms with Gasteiger partial charge in [0.2, 0.25) is 5.91 Å². The molecule has 146 valence electrons. The van der Waals surface area contributed by atoms with Crippen molar-refractivity contribution in [2.24, 2.45) is 0 Å². The second-order valence-corrected chi connectivity index (χ2v) is 10.1. The predicted molar refractivity (Wildman–Crippen MR) is 118 cm³/mol. The van der Waals surface area contributed by atoms with Gasteiger partial charge in [0.25, 0.3) is 10.0 Å². The molecule has 2 N–H and O–H groups in total. The second-order valence-electron chi connectivity index (χ2n) is 5.63. The fraction of sp³-hybridized carbons (Fsp3) is 0.111. The maximum Gasteiger partial charge on any atom is 0.263 e. The van der Waals surface area contributed by atoms with Crippen LogP contribution in [0.2, 0.25) is 0 Å². The quantitative estimate of drug-likeness (QED) is 0.475. The van der Waals surface area contributed by atoms with Crippen LogP contribution in [0.4, 0.5) is 10.8 Å². The van der Waals surface area contributed by atoms with Gasteiger partial charge in [0, 0.05) is 27.5 Å². The van der Waals surface area contributed by atoms with E-state index in [2.05, 4.69) is 31.0 Å². The summed E-state index contributed by atoms with van der Waals surface area (Å²) < 4.78 is 28.0. The molecule has 0 fully saturated rings. The van der Waals surface area contributed by atoms with Crippen LogP contribution >= 0.6 is 39.0 Å². The summed E-state index contributed by atoms with van der Waals surface area (Å²) in [4.78, 5) is 16.1. The Kier molecular flexibility index (Phi) is 7.11. The molecule has 3 aromatic rings. The van der Waals surface area contributed by atoms with E-state index in [1.165, 1.54) is 41.4 Å². The van der Waals surface area contributed by atoms with Gasteiger partial charge in [-0.2, -0.15) is 0 Å². The monoisotopic (exact) mass is 497 g/mol. The van der Waals surface area contributed by atoms with Crippen LogP contribution in [0.3, 0.4) is 0 Å². The minimum absolute atomic E-state index is 0.102. The third kappa shape index (κ3) is 6.06. The van der Waals surface area contributed by atoms with Crippen molar-refractivity contribution in [3.05, 3.63) is 70.1 Å². The predicted octanol–water partition coefficient (Wildman–Crippen LogP) is 4.58. The number of nitrogens with one attached hydrogen (secondary N) is 2. The van der Waals surface area contributed by atoms with Gasteiger partial charge in [-0.25, -0.2) is 13.4 Å². The van der Waals surface area contributed by atoms with Crippen molar-refractivity contribution in [3.8, 4) is 0 Å². The van der Waals surface area contributed by atoms with E-state index in [1.54, 1.807) is 17.5 Å². The molecule has 0 aliphatic rings. The zero-order chi connectivity index (χ0) is 20.0. The third-order valence-corrected chi connectivity index (χ3v) is 7.22. The van der Waals surface area contributed by atoms with Crippen LogP contribution in [-0.4, -0.2) is 25.1 Å². The molecule has 3 rings (SSSR count). The van der Waals surface area contributed by atoms with E-state index in [-0.39, 0.29) is 10.8 Å². The first-order valence-electron chi connectivity index (χ1n) is 8.07. The number of aromatic nitrogens is 1. The molecule has 2 aromatic carbocycles. The van der Waals surface area contributed by atoms with Gasteiger partial charge in [0.1, 0.15) is 0 Å². The summed E-state index contributed by atoms with van der Waals surface area (Å²) in [5.74, 6) is 0.904. The second kappa shape index (κ2) is 9.55. The normalized spacial score (nSPS) is 11.2. The molecule has 0 atom stereocenters.